The van der Waals surface area contributed by atoms with E-state index >= 15 is 0 Å². The zero-order valence-corrected chi connectivity index (χ0v) is 13.4. The van der Waals surface area contributed by atoms with E-state index in [4.69, 9.17) is 0 Å². The molecule has 1 amide bonds. The minimum Gasteiger partial charge on any atom is -0.325 e. The Hall–Kier alpha value is -0.570. The highest BCUT2D eigenvalue weighted by molar-refractivity contribution is 5.89. The van der Waals surface area contributed by atoms with Crippen LogP contribution in [0.25, 0.3) is 0 Å². The van der Waals surface area contributed by atoms with Crippen molar-refractivity contribution in [3.8, 4) is 0 Å². The first kappa shape index (κ1) is 14.4. The molecule has 1 unspecified atom stereocenters. The molecule has 1 saturated heterocycles. The van der Waals surface area contributed by atoms with Gasteiger partial charge in [-0.25, -0.2) is 0 Å². The van der Waals surface area contributed by atoms with E-state index in [1.54, 1.807) is 0 Å². The fraction of sp³-hybridized carbons (Fsp3) is 0.941. The summed E-state index contributed by atoms with van der Waals surface area (Å²) in [4.78, 5) is 15.2. The summed E-state index contributed by atoms with van der Waals surface area (Å²) in [5.74, 6) is 1.04. The summed E-state index contributed by atoms with van der Waals surface area (Å²) in [6.45, 7) is 7.85. The zero-order valence-electron chi connectivity index (χ0n) is 13.4. The number of rotatable bonds is 4. The molecule has 1 N–H and O–H groups in total. The van der Waals surface area contributed by atoms with Gasteiger partial charge in [-0.05, 0) is 43.4 Å². The summed E-state index contributed by atoms with van der Waals surface area (Å²) in [6.07, 6.45) is 9.79. The average Bonchev–Trinajstić information content (AvgIpc) is 2.89. The van der Waals surface area contributed by atoms with Gasteiger partial charge in [-0.2, -0.15) is 0 Å². The lowest BCUT2D eigenvalue weighted by Crippen LogP contribution is -2.47. The van der Waals surface area contributed by atoms with E-state index in [1.165, 1.54) is 32.1 Å². The third kappa shape index (κ3) is 2.38. The summed E-state index contributed by atoms with van der Waals surface area (Å²) in [6, 6.07) is 0. The van der Waals surface area contributed by atoms with Gasteiger partial charge >= 0.3 is 0 Å². The van der Waals surface area contributed by atoms with Crippen LogP contribution in [0.1, 0.15) is 72.1 Å². The van der Waals surface area contributed by atoms with Crippen LogP contribution in [0.2, 0.25) is 0 Å². The molecule has 0 radical (unpaired) electrons. The molecule has 3 rings (SSSR count). The first-order valence-corrected chi connectivity index (χ1v) is 8.53. The van der Waals surface area contributed by atoms with E-state index in [1.807, 2.05) is 0 Å². The van der Waals surface area contributed by atoms with Crippen LogP contribution < -0.4 is 5.32 Å². The molecule has 20 heavy (non-hydrogen) atoms. The Bertz CT molecular complexity index is 380. The van der Waals surface area contributed by atoms with Crippen LogP contribution in [0, 0.1) is 11.3 Å². The molecular formula is C17H30N2O. The van der Waals surface area contributed by atoms with Gasteiger partial charge in [0.25, 0.3) is 0 Å². The lowest BCUT2D eigenvalue weighted by atomic mass is 9.70. The second kappa shape index (κ2) is 5.01. The Morgan fingerprint density at radius 2 is 1.85 bits per heavy atom. The molecule has 3 nitrogen and oxygen atoms in total. The molecule has 0 aromatic carbocycles. The van der Waals surface area contributed by atoms with Gasteiger partial charge in [0.05, 0.1) is 11.7 Å². The van der Waals surface area contributed by atoms with Crippen molar-refractivity contribution in [1.29, 1.82) is 0 Å². The maximum atomic E-state index is 13.0. The number of carbonyl (C=O) groups is 1. The van der Waals surface area contributed by atoms with E-state index in [2.05, 4.69) is 31.0 Å². The molecule has 1 aliphatic heterocycles. The smallest absolute Gasteiger partial charge is 0.244 e. The van der Waals surface area contributed by atoms with Crippen LogP contribution in [-0.2, 0) is 4.79 Å². The Labute approximate surface area is 123 Å². The van der Waals surface area contributed by atoms with Gasteiger partial charge in [0.1, 0.15) is 0 Å². The predicted molar refractivity (Wildman–Crippen MR) is 81.2 cm³/mol. The summed E-state index contributed by atoms with van der Waals surface area (Å²) < 4.78 is 0. The maximum Gasteiger partial charge on any atom is 0.244 e. The van der Waals surface area contributed by atoms with Crippen molar-refractivity contribution in [1.82, 2.24) is 10.2 Å². The number of amides is 1. The molecule has 1 atom stereocenters. The van der Waals surface area contributed by atoms with Crippen LogP contribution >= 0.6 is 0 Å². The Kier molecular flexibility index (Phi) is 3.60. The number of nitrogens with one attached hydrogen (secondary N) is 1. The maximum absolute atomic E-state index is 13.0. The average molecular weight is 278 g/mol. The van der Waals surface area contributed by atoms with Crippen molar-refractivity contribution >= 4 is 5.91 Å². The van der Waals surface area contributed by atoms with E-state index in [0.717, 1.165) is 25.8 Å². The monoisotopic (exact) mass is 278 g/mol. The second-order valence-electron chi connectivity index (χ2n) is 8.18. The number of hydrogen-bond donors (Lipinski definition) is 1. The quantitative estimate of drug-likeness (QED) is 0.856. The first-order chi connectivity index (χ1) is 9.44. The third-order valence-electron chi connectivity index (χ3n) is 5.75. The predicted octanol–water partition coefficient (Wildman–Crippen LogP) is 3.29. The Morgan fingerprint density at radius 3 is 2.35 bits per heavy atom. The minimum absolute atomic E-state index is 0.195. The van der Waals surface area contributed by atoms with E-state index in [9.17, 15) is 4.79 Å². The van der Waals surface area contributed by atoms with Crippen molar-refractivity contribution < 1.29 is 4.79 Å². The lowest BCUT2D eigenvalue weighted by Gasteiger charge is -2.43. The minimum atomic E-state index is -0.195. The van der Waals surface area contributed by atoms with Crippen molar-refractivity contribution in [2.75, 3.05) is 6.54 Å². The number of carbonyl (C=O) groups excluding carboxylic acids is 1. The molecule has 1 heterocycles. The van der Waals surface area contributed by atoms with Gasteiger partial charge < -0.3 is 4.90 Å². The van der Waals surface area contributed by atoms with Crippen molar-refractivity contribution in [3.63, 3.8) is 0 Å². The van der Waals surface area contributed by atoms with Crippen LogP contribution in [0.3, 0.4) is 0 Å². The standard InChI is InChI=1S/C17H30N2O/c1-13(2)11-14-18-17(9-4-5-10-17)15(20)19(14)12-16(3)7-6-8-16/h13-14,18H,4-12H2,1-3H3. The fourth-order valence-electron chi connectivity index (χ4n) is 4.38. The van der Waals surface area contributed by atoms with Gasteiger partial charge in [0.2, 0.25) is 5.91 Å². The molecule has 0 aromatic rings. The fourth-order valence-corrected chi connectivity index (χ4v) is 4.38. The number of nitrogens with zero attached hydrogens (tertiary/aromatic N) is 1. The number of hydrogen-bond acceptors (Lipinski definition) is 2. The van der Waals surface area contributed by atoms with Crippen LogP contribution in [0.4, 0.5) is 0 Å². The summed E-state index contributed by atoms with van der Waals surface area (Å²) in [5, 5.41) is 3.74. The van der Waals surface area contributed by atoms with E-state index in [0.29, 0.717) is 17.2 Å². The van der Waals surface area contributed by atoms with Gasteiger partial charge in [-0.1, -0.05) is 40.0 Å². The van der Waals surface area contributed by atoms with E-state index < -0.39 is 0 Å². The van der Waals surface area contributed by atoms with Crippen LogP contribution in [0.5, 0.6) is 0 Å². The van der Waals surface area contributed by atoms with Gasteiger partial charge in [-0.3, -0.25) is 10.1 Å². The van der Waals surface area contributed by atoms with Crippen molar-refractivity contribution in [2.45, 2.75) is 83.8 Å². The molecule has 114 valence electrons. The van der Waals surface area contributed by atoms with Gasteiger partial charge in [-0.15, -0.1) is 0 Å². The van der Waals surface area contributed by atoms with E-state index in [-0.39, 0.29) is 11.7 Å². The highest BCUT2D eigenvalue weighted by Gasteiger charge is 2.53. The largest absolute Gasteiger partial charge is 0.325 e. The van der Waals surface area contributed by atoms with Crippen LogP contribution in [-0.4, -0.2) is 29.1 Å². The lowest BCUT2D eigenvalue weighted by molar-refractivity contribution is -0.135. The summed E-state index contributed by atoms with van der Waals surface area (Å²) >= 11 is 0. The summed E-state index contributed by atoms with van der Waals surface area (Å²) in [7, 11) is 0. The Morgan fingerprint density at radius 1 is 1.20 bits per heavy atom. The molecule has 3 heteroatoms. The zero-order chi connectivity index (χ0) is 14.4. The topological polar surface area (TPSA) is 32.3 Å². The van der Waals surface area contributed by atoms with Gasteiger partial charge in [0.15, 0.2) is 0 Å². The summed E-state index contributed by atoms with van der Waals surface area (Å²) in [5.41, 5.74) is 0.191. The third-order valence-corrected chi connectivity index (χ3v) is 5.75. The molecule has 2 saturated carbocycles. The molecule has 3 fully saturated rings. The normalized spacial score (nSPS) is 31.3. The first-order valence-electron chi connectivity index (χ1n) is 8.53. The molecule has 0 aromatic heterocycles. The highest BCUT2D eigenvalue weighted by Crippen LogP contribution is 2.44. The molecule has 0 bridgehead atoms. The van der Waals surface area contributed by atoms with Crippen LogP contribution in [0.15, 0.2) is 0 Å². The molecule has 1 spiro atoms. The second-order valence-corrected chi connectivity index (χ2v) is 8.18. The molecular weight excluding hydrogens is 248 g/mol. The Balaban J connectivity index is 1.77. The van der Waals surface area contributed by atoms with Crippen molar-refractivity contribution in [3.05, 3.63) is 0 Å². The van der Waals surface area contributed by atoms with Crippen molar-refractivity contribution in [2.24, 2.45) is 11.3 Å². The molecule has 3 aliphatic rings. The SMILES string of the molecule is CC(C)CC1NC2(CCCC2)C(=O)N1CC1(C)CCC1. The molecule has 2 aliphatic carbocycles. The highest BCUT2D eigenvalue weighted by atomic mass is 16.2. The van der Waals surface area contributed by atoms with Gasteiger partial charge in [0, 0.05) is 6.54 Å².